The van der Waals surface area contributed by atoms with Gasteiger partial charge in [-0.2, -0.15) is 0 Å². The fourth-order valence-electron chi connectivity index (χ4n) is 1.57. The molecule has 0 fully saturated rings. The molecule has 2 rings (SSSR count). The number of rotatable bonds is 5. The van der Waals surface area contributed by atoms with E-state index >= 15 is 0 Å². The molecule has 0 spiro atoms. The van der Waals surface area contributed by atoms with E-state index in [-0.39, 0.29) is 17.1 Å². The van der Waals surface area contributed by atoms with Crippen molar-refractivity contribution in [1.82, 2.24) is 4.98 Å². The molecule has 0 atom stereocenters. The van der Waals surface area contributed by atoms with E-state index in [1.807, 2.05) is 0 Å². The number of aromatic carboxylic acids is 1. The number of nitrogens with zero attached hydrogens (tertiary/aromatic N) is 1. The van der Waals surface area contributed by atoms with Crippen molar-refractivity contribution < 1.29 is 23.8 Å². The number of carboxylic acids is 1. The summed E-state index contributed by atoms with van der Waals surface area (Å²) in [5, 5.41) is 11.3. The van der Waals surface area contributed by atoms with Gasteiger partial charge in [-0.05, 0) is 24.3 Å². The number of halogens is 1. The zero-order valence-corrected chi connectivity index (χ0v) is 10.7. The van der Waals surface area contributed by atoms with Gasteiger partial charge in [0.1, 0.15) is 0 Å². The fourth-order valence-corrected chi connectivity index (χ4v) is 1.57. The first-order valence-corrected chi connectivity index (χ1v) is 5.93. The number of carbonyl (C=O) groups is 2. The average Bonchev–Trinajstić information content (AvgIpc) is 2.47. The minimum absolute atomic E-state index is 0.0483. The van der Waals surface area contributed by atoms with Crippen molar-refractivity contribution in [2.24, 2.45) is 0 Å². The number of ether oxygens (including phenoxy) is 1. The Morgan fingerprint density at radius 3 is 2.71 bits per heavy atom. The Morgan fingerprint density at radius 1 is 1.24 bits per heavy atom. The standard InChI is InChI=1S/C14H11FN2O4/c15-9-4-1-2-6-11(9)21-8-12(18)17-10-5-3-7-16-13(10)14(19)20/h1-7H,8H2,(H,17,18)(H,19,20). The number of para-hydroxylation sites is 1. The molecular formula is C14H11FN2O4. The van der Waals surface area contributed by atoms with Crippen LogP contribution in [-0.4, -0.2) is 28.6 Å². The largest absolute Gasteiger partial charge is 0.481 e. The van der Waals surface area contributed by atoms with Crippen molar-refractivity contribution in [3.63, 3.8) is 0 Å². The van der Waals surface area contributed by atoms with E-state index in [1.165, 1.54) is 36.5 Å². The number of hydrogen-bond donors (Lipinski definition) is 2. The second-order valence-corrected chi connectivity index (χ2v) is 3.97. The number of amides is 1. The normalized spacial score (nSPS) is 9.95. The Bertz CT molecular complexity index is 676. The highest BCUT2D eigenvalue weighted by molar-refractivity contribution is 5.99. The number of benzene rings is 1. The van der Waals surface area contributed by atoms with Gasteiger partial charge in [0.15, 0.2) is 23.9 Å². The molecule has 0 saturated heterocycles. The van der Waals surface area contributed by atoms with Crippen molar-refractivity contribution in [2.75, 3.05) is 11.9 Å². The molecule has 1 aromatic heterocycles. The molecule has 2 aromatic rings. The first-order valence-electron chi connectivity index (χ1n) is 5.93. The van der Waals surface area contributed by atoms with Crippen LogP contribution in [0.25, 0.3) is 0 Å². The van der Waals surface area contributed by atoms with Crippen LogP contribution < -0.4 is 10.1 Å². The number of anilines is 1. The third kappa shape index (κ3) is 3.75. The molecule has 0 aliphatic rings. The van der Waals surface area contributed by atoms with Crippen LogP contribution in [0.15, 0.2) is 42.6 Å². The van der Waals surface area contributed by atoms with E-state index in [0.29, 0.717) is 0 Å². The molecule has 108 valence electrons. The number of aromatic nitrogens is 1. The molecule has 0 radical (unpaired) electrons. The maximum Gasteiger partial charge on any atom is 0.356 e. The maximum atomic E-state index is 13.3. The lowest BCUT2D eigenvalue weighted by Gasteiger charge is -2.09. The zero-order valence-electron chi connectivity index (χ0n) is 10.7. The molecule has 7 heteroatoms. The Labute approximate surface area is 119 Å². The number of carbonyl (C=O) groups excluding carboxylic acids is 1. The summed E-state index contributed by atoms with van der Waals surface area (Å²) in [5.74, 6) is -2.52. The predicted molar refractivity (Wildman–Crippen MR) is 71.7 cm³/mol. The number of hydrogen-bond acceptors (Lipinski definition) is 4. The van der Waals surface area contributed by atoms with Gasteiger partial charge in [-0.25, -0.2) is 14.2 Å². The summed E-state index contributed by atoms with van der Waals surface area (Å²) in [5.41, 5.74) is -0.233. The summed E-state index contributed by atoms with van der Waals surface area (Å²) in [6, 6.07) is 8.54. The van der Waals surface area contributed by atoms with E-state index in [2.05, 4.69) is 10.3 Å². The van der Waals surface area contributed by atoms with Gasteiger partial charge in [0.05, 0.1) is 5.69 Å². The van der Waals surface area contributed by atoms with Gasteiger partial charge in [-0.1, -0.05) is 12.1 Å². The number of pyridine rings is 1. The monoisotopic (exact) mass is 290 g/mol. The molecule has 1 amide bonds. The van der Waals surface area contributed by atoms with E-state index in [1.54, 1.807) is 6.07 Å². The molecule has 6 nitrogen and oxygen atoms in total. The zero-order chi connectivity index (χ0) is 15.2. The summed E-state index contributed by atoms with van der Waals surface area (Å²) < 4.78 is 18.3. The number of nitrogens with one attached hydrogen (secondary N) is 1. The Balaban J connectivity index is 2.00. The van der Waals surface area contributed by atoms with E-state index in [9.17, 15) is 14.0 Å². The van der Waals surface area contributed by atoms with Crippen LogP contribution in [0.4, 0.5) is 10.1 Å². The Morgan fingerprint density at radius 2 is 2.00 bits per heavy atom. The Kier molecular flexibility index (Phi) is 4.45. The number of carboxylic acid groups (broad SMARTS) is 1. The summed E-state index contributed by atoms with van der Waals surface area (Å²) in [7, 11) is 0. The highest BCUT2D eigenvalue weighted by Crippen LogP contribution is 2.16. The molecule has 0 unspecified atom stereocenters. The molecule has 0 bridgehead atoms. The van der Waals surface area contributed by atoms with Crippen LogP contribution in [0.1, 0.15) is 10.5 Å². The molecule has 1 heterocycles. The first-order chi connectivity index (χ1) is 10.1. The molecule has 0 saturated carbocycles. The first kappa shape index (κ1) is 14.4. The smallest absolute Gasteiger partial charge is 0.356 e. The van der Waals surface area contributed by atoms with Crippen LogP contribution in [0, 0.1) is 5.82 Å². The lowest BCUT2D eigenvalue weighted by atomic mass is 10.3. The Hall–Kier alpha value is -2.96. The van der Waals surface area contributed by atoms with Gasteiger partial charge in [-0.15, -0.1) is 0 Å². The van der Waals surface area contributed by atoms with Gasteiger partial charge < -0.3 is 15.2 Å². The van der Waals surface area contributed by atoms with Crippen LogP contribution in [0.3, 0.4) is 0 Å². The molecule has 0 aliphatic carbocycles. The van der Waals surface area contributed by atoms with Gasteiger partial charge in [0, 0.05) is 6.20 Å². The molecule has 1 aromatic carbocycles. The second kappa shape index (κ2) is 6.47. The van der Waals surface area contributed by atoms with E-state index in [4.69, 9.17) is 9.84 Å². The third-order valence-corrected chi connectivity index (χ3v) is 2.48. The van der Waals surface area contributed by atoms with Crippen molar-refractivity contribution in [2.45, 2.75) is 0 Å². The maximum absolute atomic E-state index is 13.3. The SMILES string of the molecule is O=C(COc1ccccc1F)Nc1cccnc1C(=O)O. The van der Waals surface area contributed by atoms with Gasteiger partial charge in [-0.3, -0.25) is 4.79 Å². The summed E-state index contributed by atoms with van der Waals surface area (Å²) in [6.45, 7) is -0.450. The van der Waals surface area contributed by atoms with Gasteiger partial charge in [0.2, 0.25) is 0 Å². The lowest BCUT2D eigenvalue weighted by Crippen LogP contribution is -2.22. The average molecular weight is 290 g/mol. The molecule has 0 aliphatic heterocycles. The van der Waals surface area contributed by atoms with E-state index in [0.717, 1.165) is 0 Å². The van der Waals surface area contributed by atoms with Crippen molar-refractivity contribution in [3.8, 4) is 5.75 Å². The molecular weight excluding hydrogens is 279 g/mol. The van der Waals surface area contributed by atoms with Crippen molar-refractivity contribution >= 4 is 17.6 Å². The lowest BCUT2D eigenvalue weighted by molar-refractivity contribution is -0.118. The minimum Gasteiger partial charge on any atom is -0.481 e. The van der Waals surface area contributed by atoms with Crippen molar-refractivity contribution in [3.05, 3.63) is 54.1 Å². The summed E-state index contributed by atoms with van der Waals surface area (Å²) in [6.07, 6.45) is 1.30. The predicted octanol–water partition coefficient (Wildman–Crippen LogP) is 1.94. The highest BCUT2D eigenvalue weighted by Gasteiger charge is 2.14. The van der Waals surface area contributed by atoms with Gasteiger partial charge >= 0.3 is 5.97 Å². The molecule has 2 N–H and O–H groups in total. The van der Waals surface area contributed by atoms with Gasteiger partial charge in [0.25, 0.3) is 5.91 Å². The van der Waals surface area contributed by atoms with Crippen LogP contribution >= 0.6 is 0 Å². The van der Waals surface area contributed by atoms with Crippen LogP contribution in [0.2, 0.25) is 0 Å². The van der Waals surface area contributed by atoms with Crippen LogP contribution in [-0.2, 0) is 4.79 Å². The van der Waals surface area contributed by atoms with E-state index < -0.39 is 24.3 Å². The second-order valence-electron chi connectivity index (χ2n) is 3.97. The summed E-state index contributed by atoms with van der Waals surface area (Å²) >= 11 is 0. The minimum atomic E-state index is -1.26. The van der Waals surface area contributed by atoms with Crippen LogP contribution in [0.5, 0.6) is 5.75 Å². The quantitative estimate of drug-likeness (QED) is 0.878. The fraction of sp³-hybridized carbons (Fsp3) is 0.0714. The highest BCUT2D eigenvalue weighted by atomic mass is 19.1. The topological polar surface area (TPSA) is 88.5 Å². The summed E-state index contributed by atoms with van der Waals surface area (Å²) in [4.78, 5) is 26.3. The molecule has 21 heavy (non-hydrogen) atoms. The van der Waals surface area contributed by atoms with Crippen molar-refractivity contribution in [1.29, 1.82) is 0 Å². The third-order valence-electron chi connectivity index (χ3n) is 2.48.